The van der Waals surface area contributed by atoms with Crippen LogP contribution in [0.15, 0.2) is 18.2 Å². The van der Waals surface area contributed by atoms with Gasteiger partial charge in [-0.1, -0.05) is 11.6 Å². The maximum absolute atomic E-state index is 12.3. The van der Waals surface area contributed by atoms with E-state index in [9.17, 15) is 4.79 Å². The topological polar surface area (TPSA) is 47.6 Å². The third kappa shape index (κ3) is 4.36. The van der Waals surface area contributed by atoms with Gasteiger partial charge in [-0.2, -0.15) is 11.8 Å². The van der Waals surface area contributed by atoms with Gasteiger partial charge in [0.05, 0.1) is 10.7 Å². The minimum atomic E-state index is -0.178. The van der Waals surface area contributed by atoms with Crippen molar-refractivity contribution in [3.63, 3.8) is 0 Å². The lowest BCUT2D eigenvalue weighted by molar-refractivity contribution is 0.176. The summed E-state index contributed by atoms with van der Waals surface area (Å²) >= 11 is 8.36. The first kappa shape index (κ1) is 18.7. The van der Waals surface area contributed by atoms with Crippen LogP contribution in [0.2, 0.25) is 5.02 Å². The standard InChI is InChI=1S/C18H27ClN4OS/c1-22(2)18(7-10-25-13-18)12-20-17(24)21-14-5-6-16(15(19)11-14)23-8-3-4-9-23/h5-6,11H,3-4,7-10,12-13H2,1-2H3,(H2,20,21,24)/t18-/m1/s1. The van der Waals surface area contributed by atoms with Gasteiger partial charge in [-0.25, -0.2) is 4.79 Å². The Bertz CT molecular complexity index is 613. The SMILES string of the molecule is CN(C)[C@@]1(CNC(=O)Nc2ccc(N3CCCC3)c(Cl)c2)CCSC1. The fourth-order valence-corrected chi connectivity index (χ4v) is 5.32. The second kappa shape index (κ2) is 8.06. The minimum Gasteiger partial charge on any atom is -0.370 e. The summed E-state index contributed by atoms with van der Waals surface area (Å²) < 4.78 is 0. The zero-order valence-electron chi connectivity index (χ0n) is 15.0. The molecule has 138 valence electrons. The monoisotopic (exact) mass is 382 g/mol. The molecule has 7 heteroatoms. The Kier molecular flexibility index (Phi) is 6.02. The van der Waals surface area contributed by atoms with Crippen molar-refractivity contribution in [2.75, 3.05) is 55.5 Å². The number of nitrogens with zero attached hydrogens (tertiary/aromatic N) is 2. The molecule has 0 aromatic heterocycles. The van der Waals surface area contributed by atoms with Crippen LogP contribution < -0.4 is 15.5 Å². The van der Waals surface area contributed by atoms with E-state index in [0.29, 0.717) is 11.6 Å². The van der Waals surface area contributed by atoms with Crippen LogP contribution in [-0.4, -0.2) is 61.7 Å². The first-order valence-electron chi connectivity index (χ1n) is 8.85. The van der Waals surface area contributed by atoms with Gasteiger partial charge in [-0.3, -0.25) is 0 Å². The third-order valence-corrected chi connectivity index (χ3v) is 6.80. The van der Waals surface area contributed by atoms with E-state index in [4.69, 9.17) is 11.6 Å². The molecule has 3 rings (SSSR count). The van der Waals surface area contributed by atoms with Crippen molar-refractivity contribution >= 4 is 40.8 Å². The summed E-state index contributed by atoms with van der Waals surface area (Å²) in [4.78, 5) is 16.8. The Hall–Kier alpha value is -1.11. The van der Waals surface area contributed by atoms with Crippen LogP contribution in [0.1, 0.15) is 19.3 Å². The summed E-state index contributed by atoms with van der Waals surface area (Å²) in [5.41, 5.74) is 1.84. The van der Waals surface area contributed by atoms with Crippen molar-refractivity contribution in [3.8, 4) is 0 Å². The quantitative estimate of drug-likeness (QED) is 0.818. The summed E-state index contributed by atoms with van der Waals surface area (Å²) in [7, 11) is 4.17. The van der Waals surface area contributed by atoms with E-state index in [2.05, 4.69) is 34.5 Å². The average Bonchev–Trinajstić information content (AvgIpc) is 3.25. The summed E-state index contributed by atoms with van der Waals surface area (Å²) in [6.07, 6.45) is 3.52. The number of amides is 2. The molecule has 0 bridgehead atoms. The molecule has 0 saturated carbocycles. The van der Waals surface area contributed by atoms with E-state index in [1.807, 2.05) is 30.0 Å². The van der Waals surface area contributed by atoms with Gasteiger partial charge in [0.25, 0.3) is 0 Å². The number of carbonyl (C=O) groups is 1. The van der Waals surface area contributed by atoms with Crippen LogP contribution in [0, 0.1) is 0 Å². The Morgan fingerprint density at radius 1 is 1.36 bits per heavy atom. The van der Waals surface area contributed by atoms with E-state index < -0.39 is 0 Å². The summed E-state index contributed by atoms with van der Waals surface area (Å²) in [5, 5.41) is 6.62. The highest BCUT2D eigenvalue weighted by atomic mass is 35.5. The van der Waals surface area contributed by atoms with Crippen molar-refractivity contribution in [3.05, 3.63) is 23.2 Å². The number of thioether (sulfide) groups is 1. The van der Waals surface area contributed by atoms with Crippen LogP contribution >= 0.6 is 23.4 Å². The number of halogens is 1. The predicted octanol–water partition coefficient (Wildman–Crippen LogP) is 3.50. The van der Waals surface area contributed by atoms with Crippen molar-refractivity contribution in [1.29, 1.82) is 0 Å². The van der Waals surface area contributed by atoms with Gasteiger partial charge in [0, 0.05) is 36.6 Å². The van der Waals surface area contributed by atoms with Crippen LogP contribution in [0.25, 0.3) is 0 Å². The minimum absolute atomic E-state index is 0.0548. The van der Waals surface area contributed by atoms with Crippen LogP contribution in [0.4, 0.5) is 16.2 Å². The molecule has 1 aromatic rings. The Morgan fingerprint density at radius 3 is 2.72 bits per heavy atom. The van der Waals surface area contributed by atoms with E-state index >= 15 is 0 Å². The van der Waals surface area contributed by atoms with E-state index in [1.54, 1.807) is 0 Å². The van der Waals surface area contributed by atoms with E-state index in [-0.39, 0.29) is 11.6 Å². The maximum atomic E-state index is 12.3. The van der Waals surface area contributed by atoms with Crippen molar-refractivity contribution in [1.82, 2.24) is 10.2 Å². The molecule has 25 heavy (non-hydrogen) atoms. The lowest BCUT2D eigenvalue weighted by Crippen LogP contribution is -2.53. The van der Waals surface area contributed by atoms with Crippen LogP contribution in [0.3, 0.4) is 0 Å². The van der Waals surface area contributed by atoms with Gasteiger partial charge in [-0.15, -0.1) is 0 Å². The van der Waals surface area contributed by atoms with Gasteiger partial charge < -0.3 is 20.4 Å². The lowest BCUT2D eigenvalue weighted by atomic mass is 9.97. The Balaban J connectivity index is 1.56. The van der Waals surface area contributed by atoms with Crippen molar-refractivity contribution in [2.24, 2.45) is 0 Å². The van der Waals surface area contributed by atoms with Crippen molar-refractivity contribution < 1.29 is 4.79 Å². The number of likely N-dealkylation sites (N-methyl/N-ethyl adjacent to an activating group) is 1. The summed E-state index contributed by atoms with van der Waals surface area (Å²) in [6, 6.07) is 5.58. The number of anilines is 2. The Morgan fingerprint density at radius 2 is 2.12 bits per heavy atom. The molecule has 2 aliphatic heterocycles. The third-order valence-electron chi connectivity index (χ3n) is 5.26. The normalized spacial score (nSPS) is 23.3. The molecule has 0 spiro atoms. The van der Waals surface area contributed by atoms with E-state index in [1.165, 1.54) is 12.8 Å². The number of hydrogen-bond acceptors (Lipinski definition) is 4. The van der Waals surface area contributed by atoms with E-state index in [0.717, 1.165) is 42.4 Å². The molecule has 5 nitrogen and oxygen atoms in total. The highest BCUT2D eigenvalue weighted by Crippen LogP contribution is 2.32. The zero-order chi connectivity index (χ0) is 17.9. The van der Waals surface area contributed by atoms with Gasteiger partial charge in [-0.05, 0) is 57.3 Å². The fourth-order valence-electron chi connectivity index (χ4n) is 3.47. The van der Waals surface area contributed by atoms with Crippen molar-refractivity contribution in [2.45, 2.75) is 24.8 Å². The first-order valence-corrected chi connectivity index (χ1v) is 10.4. The average molecular weight is 383 g/mol. The molecule has 1 atom stereocenters. The number of benzene rings is 1. The molecule has 0 aliphatic carbocycles. The smallest absolute Gasteiger partial charge is 0.319 e. The van der Waals surface area contributed by atoms with Gasteiger partial charge in [0.15, 0.2) is 0 Å². The number of hydrogen-bond donors (Lipinski definition) is 2. The van der Waals surface area contributed by atoms with Gasteiger partial charge >= 0.3 is 6.03 Å². The maximum Gasteiger partial charge on any atom is 0.319 e. The molecular formula is C18H27ClN4OS. The molecule has 2 fully saturated rings. The molecular weight excluding hydrogens is 356 g/mol. The summed E-state index contributed by atoms with van der Waals surface area (Å²) in [5.74, 6) is 2.20. The zero-order valence-corrected chi connectivity index (χ0v) is 16.6. The number of urea groups is 1. The number of carbonyl (C=O) groups excluding carboxylic acids is 1. The highest BCUT2D eigenvalue weighted by Gasteiger charge is 2.36. The fraction of sp³-hybridized carbons (Fsp3) is 0.611. The molecule has 2 amide bonds. The highest BCUT2D eigenvalue weighted by molar-refractivity contribution is 7.99. The largest absolute Gasteiger partial charge is 0.370 e. The second-order valence-corrected chi connectivity index (χ2v) is 8.60. The number of nitrogens with one attached hydrogen (secondary N) is 2. The molecule has 1 aromatic carbocycles. The molecule has 2 saturated heterocycles. The second-order valence-electron chi connectivity index (χ2n) is 7.09. The number of rotatable bonds is 5. The summed E-state index contributed by atoms with van der Waals surface area (Å²) in [6.45, 7) is 2.76. The van der Waals surface area contributed by atoms with Gasteiger partial charge in [0.1, 0.15) is 0 Å². The molecule has 2 heterocycles. The molecule has 2 N–H and O–H groups in total. The van der Waals surface area contributed by atoms with Crippen LogP contribution in [-0.2, 0) is 0 Å². The first-order chi connectivity index (χ1) is 12.0. The Labute approximate surface area is 159 Å². The van der Waals surface area contributed by atoms with Gasteiger partial charge in [0.2, 0.25) is 0 Å². The lowest BCUT2D eigenvalue weighted by Gasteiger charge is -2.35. The predicted molar refractivity (Wildman–Crippen MR) is 108 cm³/mol. The molecule has 0 unspecified atom stereocenters. The van der Waals surface area contributed by atoms with Crippen LogP contribution in [0.5, 0.6) is 0 Å². The molecule has 2 aliphatic rings. The molecule has 0 radical (unpaired) electrons.